The number of anilines is 1. The van der Waals surface area contributed by atoms with Crippen LogP contribution in [0.5, 0.6) is 0 Å². The number of unbranched alkanes of at least 4 members (excludes halogenated alkanes) is 1. The maximum Gasteiger partial charge on any atom is 0.251 e. The first-order chi connectivity index (χ1) is 13.4. The van der Waals surface area contributed by atoms with E-state index in [1.54, 1.807) is 10.6 Å². The Kier molecular flexibility index (Phi) is 5.98. The van der Waals surface area contributed by atoms with Crippen molar-refractivity contribution in [2.75, 3.05) is 5.32 Å². The molecule has 0 saturated heterocycles. The molecule has 1 amide bonds. The number of hydrogen-bond donors (Lipinski definition) is 1. The maximum absolute atomic E-state index is 12.6. The third-order valence-corrected chi connectivity index (χ3v) is 5.10. The van der Waals surface area contributed by atoms with Gasteiger partial charge in [0.2, 0.25) is 5.91 Å². The fraction of sp³-hybridized carbons (Fsp3) is 0.333. The monoisotopic (exact) mass is 376 g/mol. The Morgan fingerprint density at radius 3 is 2.39 bits per heavy atom. The zero-order chi connectivity index (χ0) is 20.3. The molecule has 0 aliphatic rings. The third-order valence-electron chi connectivity index (χ3n) is 5.10. The lowest BCUT2D eigenvalue weighted by molar-refractivity contribution is -0.116. The first-order valence-electron chi connectivity index (χ1n) is 9.89. The van der Waals surface area contributed by atoms with Gasteiger partial charge in [-0.15, -0.1) is 0 Å². The molecule has 1 aromatic heterocycles. The van der Waals surface area contributed by atoms with Crippen LogP contribution in [0.1, 0.15) is 42.0 Å². The van der Waals surface area contributed by atoms with Crippen molar-refractivity contribution in [3.05, 3.63) is 75.1 Å². The van der Waals surface area contributed by atoms with Gasteiger partial charge in [0.15, 0.2) is 0 Å². The van der Waals surface area contributed by atoms with E-state index in [4.69, 9.17) is 0 Å². The van der Waals surface area contributed by atoms with Crippen molar-refractivity contribution in [1.82, 2.24) is 4.57 Å². The van der Waals surface area contributed by atoms with E-state index in [-0.39, 0.29) is 18.0 Å². The summed E-state index contributed by atoms with van der Waals surface area (Å²) in [4.78, 5) is 25.2. The van der Waals surface area contributed by atoms with E-state index in [0.717, 1.165) is 52.5 Å². The standard InChI is InChI=1S/C24H28N2O2/c1-5-6-7-19-8-10-20(11-9-19)25-22(27)15-26-23(28)14-17(3)21-13-16(2)12-18(4)24(21)26/h8-14H,5-7,15H2,1-4H3,(H,25,27). The van der Waals surface area contributed by atoms with Crippen LogP contribution in [0.15, 0.2) is 47.3 Å². The molecule has 0 saturated carbocycles. The van der Waals surface area contributed by atoms with E-state index in [9.17, 15) is 9.59 Å². The molecule has 0 radical (unpaired) electrons. The lowest BCUT2D eigenvalue weighted by atomic mass is 10.0. The van der Waals surface area contributed by atoms with Crippen LogP contribution in [0.25, 0.3) is 10.9 Å². The van der Waals surface area contributed by atoms with Crippen LogP contribution in [0, 0.1) is 20.8 Å². The largest absolute Gasteiger partial charge is 0.325 e. The number of benzene rings is 2. The number of fused-ring (bicyclic) bond motifs is 1. The van der Waals surface area contributed by atoms with Crippen molar-refractivity contribution in [2.45, 2.75) is 53.5 Å². The van der Waals surface area contributed by atoms with Crippen LogP contribution >= 0.6 is 0 Å². The van der Waals surface area contributed by atoms with Gasteiger partial charge in [-0.1, -0.05) is 37.1 Å². The van der Waals surface area contributed by atoms with E-state index in [2.05, 4.69) is 18.3 Å². The molecule has 3 aromatic rings. The van der Waals surface area contributed by atoms with Crippen LogP contribution in [0.2, 0.25) is 0 Å². The molecule has 2 aromatic carbocycles. The topological polar surface area (TPSA) is 51.1 Å². The number of carbonyl (C=O) groups excluding carboxylic acids is 1. The zero-order valence-electron chi connectivity index (χ0n) is 17.1. The fourth-order valence-electron chi connectivity index (χ4n) is 3.71. The average molecular weight is 377 g/mol. The van der Waals surface area contributed by atoms with E-state index in [1.807, 2.05) is 51.1 Å². The van der Waals surface area contributed by atoms with E-state index >= 15 is 0 Å². The lowest BCUT2D eigenvalue weighted by Crippen LogP contribution is -2.28. The van der Waals surface area contributed by atoms with Crippen LogP contribution in [0.3, 0.4) is 0 Å². The molecule has 4 heteroatoms. The second-order valence-corrected chi connectivity index (χ2v) is 7.58. The Labute approximate surface area is 166 Å². The molecule has 0 unspecified atom stereocenters. The van der Waals surface area contributed by atoms with Gasteiger partial charge >= 0.3 is 0 Å². The van der Waals surface area contributed by atoms with Crippen molar-refractivity contribution in [2.24, 2.45) is 0 Å². The zero-order valence-corrected chi connectivity index (χ0v) is 17.1. The van der Waals surface area contributed by atoms with Crippen molar-refractivity contribution in [1.29, 1.82) is 0 Å². The summed E-state index contributed by atoms with van der Waals surface area (Å²) in [5.74, 6) is -0.200. The number of nitrogens with zero attached hydrogens (tertiary/aromatic N) is 1. The van der Waals surface area contributed by atoms with Crippen molar-refractivity contribution in [3.8, 4) is 0 Å². The predicted octanol–water partition coefficient (Wildman–Crippen LogP) is 4.91. The average Bonchev–Trinajstić information content (AvgIpc) is 2.64. The molecule has 0 bridgehead atoms. The Balaban J connectivity index is 1.84. The van der Waals surface area contributed by atoms with Crippen molar-refractivity contribution >= 4 is 22.5 Å². The van der Waals surface area contributed by atoms with E-state index in [1.165, 1.54) is 5.56 Å². The van der Waals surface area contributed by atoms with Crippen molar-refractivity contribution < 1.29 is 4.79 Å². The number of aromatic nitrogens is 1. The molecule has 146 valence electrons. The molecule has 0 atom stereocenters. The van der Waals surface area contributed by atoms with Gasteiger partial charge in [0, 0.05) is 17.1 Å². The van der Waals surface area contributed by atoms with E-state index in [0.29, 0.717) is 0 Å². The first kappa shape index (κ1) is 19.9. The molecule has 0 aliphatic carbocycles. The van der Waals surface area contributed by atoms with Crippen LogP contribution in [-0.4, -0.2) is 10.5 Å². The van der Waals surface area contributed by atoms with Crippen LogP contribution in [0.4, 0.5) is 5.69 Å². The minimum atomic E-state index is -0.200. The number of pyridine rings is 1. The highest BCUT2D eigenvalue weighted by Crippen LogP contribution is 2.22. The SMILES string of the molecule is CCCCc1ccc(NC(=O)Cn2c(=O)cc(C)c3cc(C)cc(C)c32)cc1. The highest BCUT2D eigenvalue weighted by atomic mass is 16.2. The summed E-state index contributed by atoms with van der Waals surface area (Å²) in [7, 11) is 0. The van der Waals surface area contributed by atoms with Gasteiger partial charge in [-0.05, 0) is 68.5 Å². The molecular formula is C24H28N2O2. The normalized spacial score (nSPS) is 11.0. The number of rotatable bonds is 6. The summed E-state index contributed by atoms with van der Waals surface area (Å²) < 4.78 is 1.57. The third kappa shape index (κ3) is 4.33. The lowest BCUT2D eigenvalue weighted by Gasteiger charge is -2.15. The minimum absolute atomic E-state index is 0.00288. The van der Waals surface area contributed by atoms with Gasteiger partial charge in [0.1, 0.15) is 6.54 Å². The molecule has 3 rings (SSSR count). The minimum Gasteiger partial charge on any atom is -0.325 e. The fourth-order valence-corrected chi connectivity index (χ4v) is 3.71. The number of nitrogens with one attached hydrogen (secondary N) is 1. The Hall–Kier alpha value is -2.88. The van der Waals surface area contributed by atoms with Gasteiger partial charge < -0.3 is 5.32 Å². The van der Waals surface area contributed by atoms with Gasteiger partial charge in [0.05, 0.1) is 5.52 Å². The number of hydrogen-bond acceptors (Lipinski definition) is 2. The number of carbonyl (C=O) groups is 1. The Bertz CT molecular complexity index is 1060. The molecular weight excluding hydrogens is 348 g/mol. The summed E-state index contributed by atoms with van der Waals surface area (Å²) in [6, 6.07) is 13.7. The summed E-state index contributed by atoms with van der Waals surface area (Å²) in [6.07, 6.45) is 3.37. The van der Waals surface area contributed by atoms with Crippen LogP contribution in [-0.2, 0) is 17.8 Å². The van der Waals surface area contributed by atoms with Gasteiger partial charge in [0.25, 0.3) is 5.56 Å². The molecule has 0 fully saturated rings. The molecule has 1 N–H and O–H groups in total. The summed E-state index contributed by atoms with van der Waals surface area (Å²) in [6.45, 7) is 8.13. The van der Waals surface area contributed by atoms with Crippen LogP contribution < -0.4 is 10.9 Å². The molecule has 1 heterocycles. The summed E-state index contributed by atoms with van der Waals surface area (Å²) >= 11 is 0. The summed E-state index contributed by atoms with van der Waals surface area (Å²) in [5.41, 5.74) is 5.79. The van der Waals surface area contributed by atoms with Gasteiger partial charge in [-0.2, -0.15) is 0 Å². The Morgan fingerprint density at radius 2 is 1.71 bits per heavy atom. The highest BCUT2D eigenvalue weighted by Gasteiger charge is 2.13. The van der Waals surface area contributed by atoms with E-state index < -0.39 is 0 Å². The highest BCUT2D eigenvalue weighted by molar-refractivity contribution is 5.92. The second kappa shape index (κ2) is 8.42. The molecule has 28 heavy (non-hydrogen) atoms. The molecule has 0 aliphatic heterocycles. The number of amides is 1. The Morgan fingerprint density at radius 1 is 1.00 bits per heavy atom. The first-order valence-corrected chi connectivity index (χ1v) is 9.89. The smallest absolute Gasteiger partial charge is 0.251 e. The van der Waals surface area contributed by atoms with Gasteiger partial charge in [-0.3, -0.25) is 14.2 Å². The second-order valence-electron chi connectivity index (χ2n) is 7.58. The maximum atomic E-state index is 12.6. The van der Waals surface area contributed by atoms with Crippen molar-refractivity contribution in [3.63, 3.8) is 0 Å². The predicted molar refractivity (Wildman–Crippen MR) is 116 cm³/mol. The van der Waals surface area contributed by atoms with Gasteiger partial charge in [-0.25, -0.2) is 0 Å². The summed E-state index contributed by atoms with van der Waals surface area (Å²) in [5, 5.41) is 3.93. The number of aryl methyl sites for hydroxylation is 4. The molecule has 4 nitrogen and oxygen atoms in total. The molecule has 0 spiro atoms. The quantitative estimate of drug-likeness (QED) is 0.665.